The maximum absolute atomic E-state index is 14.6. The van der Waals surface area contributed by atoms with E-state index in [9.17, 15) is 9.18 Å². The summed E-state index contributed by atoms with van der Waals surface area (Å²) in [5.74, 6) is 1.94. The standard InChI is InChI=1S/C29H39FN2O2/c1-28-14-11-25(32-34-19-12-15-31-17-19)26(18-6-4-3-5-7-18)22(28)9-8-20-21(28)10-13-29(2)23(20)16-24(30)27(29)33/h3-7,19-24,26,31H,8-17H2,1-2H3/t19?,20?,21?,22?,23?,24?,26?,28-,29+/m1/s1. The van der Waals surface area contributed by atoms with E-state index in [4.69, 9.17) is 9.99 Å². The zero-order valence-electron chi connectivity index (χ0n) is 20.6. The van der Waals surface area contributed by atoms with E-state index in [1.807, 2.05) is 0 Å². The summed E-state index contributed by atoms with van der Waals surface area (Å²) in [6.07, 6.45) is 6.62. The molecule has 1 heterocycles. The first-order valence-electron chi connectivity index (χ1n) is 13.6. The Morgan fingerprint density at radius 1 is 1.03 bits per heavy atom. The summed E-state index contributed by atoms with van der Waals surface area (Å²) >= 11 is 0. The average molecular weight is 467 g/mol. The van der Waals surface area contributed by atoms with Crippen molar-refractivity contribution in [3.8, 4) is 0 Å². The molecule has 0 spiro atoms. The maximum atomic E-state index is 14.6. The van der Waals surface area contributed by atoms with Crippen LogP contribution in [0.25, 0.3) is 0 Å². The lowest BCUT2D eigenvalue weighted by molar-refractivity contribution is -0.139. The summed E-state index contributed by atoms with van der Waals surface area (Å²) in [7, 11) is 0. The van der Waals surface area contributed by atoms with Crippen LogP contribution in [0.15, 0.2) is 35.5 Å². The number of nitrogens with one attached hydrogen (secondary N) is 1. The Kier molecular flexibility index (Phi) is 5.63. The summed E-state index contributed by atoms with van der Waals surface area (Å²) in [6.45, 7) is 6.46. The van der Waals surface area contributed by atoms with Crippen molar-refractivity contribution in [2.45, 2.75) is 83.4 Å². The van der Waals surface area contributed by atoms with Crippen LogP contribution in [0.3, 0.4) is 0 Å². The molecule has 0 amide bonds. The molecule has 1 aromatic carbocycles. The van der Waals surface area contributed by atoms with E-state index in [-0.39, 0.29) is 29.1 Å². The van der Waals surface area contributed by atoms with Crippen LogP contribution in [-0.4, -0.2) is 36.9 Å². The molecule has 5 heteroatoms. The van der Waals surface area contributed by atoms with E-state index in [2.05, 4.69) is 49.5 Å². The van der Waals surface area contributed by atoms with E-state index in [1.165, 1.54) is 11.3 Å². The third-order valence-corrected chi connectivity index (χ3v) is 10.8. The number of hydrogen-bond donors (Lipinski definition) is 1. The molecule has 4 saturated carbocycles. The first-order valence-corrected chi connectivity index (χ1v) is 13.6. The molecular formula is C29H39FN2O2. The second-order valence-electron chi connectivity index (χ2n) is 12.3. The normalized spacial score (nSPS) is 47.2. The number of Topliss-reactive ketones (excluding diaryl/α,β-unsaturated/α-hetero) is 1. The highest BCUT2D eigenvalue weighted by Gasteiger charge is 2.63. The molecule has 4 nitrogen and oxygen atoms in total. The maximum Gasteiger partial charge on any atom is 0.173 e. The zero-order valence-corrected chi connectivity index (χ0v) is 20.6. The van der Waals surface area contributed by atoms with E-state index in [0.717, 1.165) is 58.0 Å². The van der Waals surface area contributed by atoms with Crippen molar-refractivity contribution < 1.29 is 14.0 Å². The Hall–Kier alpha value is -1.75. The lowest BCUT2D eigenvalue weighted by atomic mass is 9.43. The molecule has 1 saturated heterocycles. The second-order valence-corrected chi connectivity index (χ2v) is 12.3. The summed E-state index contributed by atoms with van der Waals surface area (Å²) in [5.41, 5.74) is 2.31. The van der Waals surface area contributed by atoms with Gasteiger partial charge in [-0.1, -0.05) is 49.3 Å². The number of oxime groups is 1. The van der Waals surface area contributed by atoms with Gasteiger partial charge < -0.3 is 10.2 Å². The van der Waals surface area contributed by atoms with Gasteiger partial charge in [0.2, 0.25) is 0 Å². The van der Waals surface area contributed by atoms with Crippen LogP contribution in [-0.2, 0) is 9.63 Å². The van der Waals surface area contributed by atoms with Crippen LogP contribution in [0.1, 0.15) is 76.7 Å². The number of rotatable bonds is 3. The molecule has 184 valence electrons. The summed E-state index contributed by atoms with van der Waals surface area (Å²) < 4.78 is 14.6. The highest BCUT2D eigenvalue weighted by Crippen LogP contribution is 2.67. The first kappa shape index (κ1) is 22.7. The van der Waals surface area contributed by atoms with Crippen LogP contribution in [0.2, 0.25) is 0 Å². The third-order valence-electron chi connectivity index (χ3n) is 10.8. The van der Waals surface area contributed by atoms with Gasteiger partial charge in [-0.25, -0.2) is 4.39 Å². The van der Waals surface area contributed by atoms with Gasteiger partial charge in [0.25, 0.3) is 0 Å². The summed E-state index contributed by atoms with van der Waals surface area (Å²) in [6, 6.07) is 10.9. The molecule has 0 aromatic heterocycles. The van der Waals surface area contributed by atoms with Gasteiger partial charge in [0, 0.05) is 24.3 Å². The van der Waals surface area contributed by atoms with Crippen molar-refractivity contribution in [2.24, 2.45) is 39.7 Å². The van der Waals surface area contributed by atoms with Crippen LogP contribution >= 0.6 is 0 Å². The van der Waals surface area contributed by atoms with Crippen LogP contribution in [0.5, 0.6) is 0 Å². The predicted octanol–water partition coefficient (Wildman–Crippen LogP) is 5.67. The van der Waals surface area contributed by atoms with Crippen LogP contribution in [0, 0.1) is 34.5 Å². The monoisotopic (exact) mass is 466 g/mol. The molecule has 6 rings (SSSR count). The fourth-order valence-electron chi connectivity index (χ4n) is 8.99. The number of alkyl halides is 1. The Balaban J connectivity index is 1.32. The minimum absolute atomic E-state index is 0.109. The lowest BCUT2D eigenvalue weighted by Crippen LogP contribution is -2.55. The highest BCUT2D eigenvalue weighted by molar-refractivity contribution is 5.92. The number of nitrogens with zero attached hydrogens (tertiary/aromatic N) is 1. The summed E-state index contributed by atoms with van der Waals surface area (Å²) in [4.78, 5) is 18.8. The Morgan fingerprint density at radius 3 is 2.62 bits per heavy atom. The third kappa shape index (κ3) is 3.40. The number of carbonyl (C=O) groups excluding carboxylic acids is 1. The van der Waals surface area contributed by atoms with E-state index in [1.54, 1.807) is 0 Å². The Morgan fingerprint density at radius 2 is 1.85 bits per heavy atom. The Bertz CT molecular complexity index is 960. The molecule has 1 aliphatic heterocycles. The lowest BCUT2D eigenvalue weighted by Gasteiger charge is -2.61. The molecule has 9 atom stereocenters. The molecule has 0 bridgehead atoms. The van der Waals surface area contributed by atoms with Crippen LogP contribution < -0.4 is 5.32 Å². The predicted molar refractivity (Wildman–Crippen MR) is 131 cm³/mol. The zero-order chi connectivity index (χ0) is 23.5. The molecule has 34 heavy (non-hydrogen) atoms. The number of ketones is 1. The van der Waals surface area contributed by atoms with E-state index in [0.29, 0.717) is 24.2 Å². The number of carbonyl (C=O) groups is 1. The molecule has 1 aromatic rings. The number of halogens is 1. The van der Waals surface area contributed by atoms with Gasteiger partial charge in [0.15, 0.2) is 12.0 Å². The van der Waals surface area contributed by atoms with Gasteiger partial charge in [0.05, 0.1) is 5.71 Å². The number of hydrogen-bond acceptors (Lipinski definition) is 4. The average Bonchev–Trinajstić information content (AvgIpc) is 3.45. The van der Waals surface area contributed by atoms with Gasteiger partial charge in [0.1, 0.15) is 6.10 Å². The Labute approximate surface area is 203 Å². The molecule has 5 aliphatic rings. The first-order chi connectivity index (χ1) is 16.4. The van der Waals surface area contributed by atoms with Gasteiger partial charge >= 0.3 is 0 Å². The van der Waals surface area contributed by atoms with E-state index >= 15 is 0 Å². The van der Waals surface area contributed by atoms with Crippen molar-refractivity contribution in [3.63, 3.8) is 0 Å². The number of fused-ring (bicyclic) bond motifs is 5. The minimum Gasteiger partial charge on any atom is -0.391 e. The molecular weight excluding hydrogens is 427 g/mol. The SMILES string of the molecule is C[C@]12CCC(=NOC3CCNC3)C(c3ccccc3)C1CCC1C2CC[C@]2(C)C(=O)C(F)CC12. The van der Waals surface area contributed by atoms with Gasteiger partial charge in [-0.3, -0.25) is 4.79 Å². The van der Waals surface area contributed by atoms with Crippen molar-refractivity contribution in [1.82, 2.24) is 5.32 Å². The van der Waals surface area contributed by atoms with Crippen molar-refractivity contribution in [2.75, 3.05) is 13.1 Å². The van der Waals surface area contributed by atoms with Gasteiger partial charge in [-0.05, 0) is 86.1 Å². The van der Waals surface area contributed by atoms with Crippen molar-refractivity contribution in [1.29, 1.82) is 0 Å². The van der Waals surface area contributed by atoms with Gasteiger partial charge in [-0.15, -0.1) is 0 Å². The fraction of sp³-hybridized carbons (Fsp3) is 0.724. The van der Waals surface area contributed by atoms with Crippen LogP contribution in [0.4, 0.5) is 4.39 Å². The quantitative estimate of drug-likeness (QED) is 0.584. The molecule has 4 aliphatic carbocycles. The van der Waals surface area contributed by atoms with E-state index < -0.39 is 11.6 Å². The summed E-state index contributed by atoms with van der Waals surface area (Å²) in [5, 5.41) is 8.18. The largest absolute Gasteiger partial charge is 0.391 e. The topological polar surface area (TPSA) is 50.7 Å². The fourth-order valence-corrected chi connectivity index (χ4v) is 8.99. The van der Waals surface area contributed by atoms with Crippen molar-refractivity contribution >= 4 is 11.5 Å². The molecule has 0 radical (unpaired) electrons. The minimum atomic E-state index is -1.25. The number of benzene rings is 1. The van der Waals surface area contributed by atoms with Crippen molar-refractivity contribution in [3.05, 3.63) is 35.9 Å². The molecule has 1 N–H and O–H groups in total. The second kappa shape index (κ2) is 8.43. The van der Waals surface area contributed by atoms with Gasteiger partial charge in [-0.2, -0.15) is 0 Å². The smallest absolute Gasteiger partial charge is 0.173 e. The molecule has 5 fully saturated rings. The highest BCUT2D eigenvalue weighted by atomic mass is 19.1. The molecule has 7 unspecified atom stereocenters.